The van der Waals surface area contributed by atoms with Crippen molar-refractivity contribution in [3.63, 3.8) is 0 Å². The zero-order valence-corrected chi connectivity index (χ0v) is 15.8. The van der Waals surface area contributed by atoms with Gasteiger partial charge in [0.25, 0.3) is 0 Å². The van der Waals surface area contributed by atoms with E-state index in [1.54, 1.807) is 7.11 Å². The van der Waals surface area contributed by atoms with Crippen molar-refractivity contribution in [3.8, 4) is 17.6 Å². The summed E-state index contributed by atoms with van der Waals surface area (Å²) < 4.78 is 11.3. The minimum Gasteiger partial charge on any atom is -0.493 e. The first-order chi connectivity index (χ1) is 12.2. The van der Waals surface area contributed by atoms with Gasteiger partial charge in [0.1, 0.15) is 6.04 Å². The first-order valence-corrected chi connectivity index (χ1v) is 9.40. The Kier molecular flexibility index (Phi) is 8.03. The summed E-state index contributed by atoms with van der Waals surface area (Å²) in [6.45, 7) is 10.1. The molecular weight excluding hydrogens is 314 g/mol. The van der Waals surface area contributed by atoms with E-state index in [1.165, 1.54) is 6.42 Å². The van der Waals surface area contributed by atoms with Gasteiger partial charge in [-0.3, -0.25) is 4.90 Å². The average Bonchev–Trinajstić information content (AvgIpc) is 2.64. The molecule has 25 heavy (non-hydrogen) atoms. The van der Waals surface area contributed by atoms with Crippen LogP contribution in [0, 0.1) is 11.3 Å². The number of hydrogen-bond donors (Lipinski definition) is 0. The molecule has 1 aliphatic heterocycles. The van der Waals surface area contributed by atoms with Gasteiger partial charge in [-0.15, -0.1) is 0 Å². The lowest BCUT2D eigenvalue weighted by atomic mass is 10.0. The van der Waals surface area contributed by atoms with Gasteiger partial charge in [0, 0.05) is 26.2 Å². The summed E-state index contributed by atoms with van der Waals surface area (Å²) in [6.07, 6.45) is 3.28. The van der Waals surface area contributed by atoms with E-state index in [0.29, 0.717) is 6.61 Å². The molecule has 1 saturated heterocycles. The zero-order valence-electron chi connectivity index (χ0n) is 15.8. The Labute approximate surface area is 152 Å². The summed E-state index contributed by atoms with van der Waals surface area (Å²) in [5, 5.41) is 9.76. The number of nitriles is 1. The number of benzene rings is 1. The van der Waals surface area contributed by atoms with Crippen molar-refractivity contribution < 1.29 is 9.47 Å². The Hall–Kier alpha value is -1.77. The van der Waals surface area contributed by atoms with Gasteiger partial charge in [-0.05, 0) is 37.1 Å². The second kappa shape index (κ2) is 10.3. The maximum Gasteiger partial charge on any atom is 0.161 e. The van der Waals surface area contributed by atoms with Crippen molar-refractivity contribution in [2.24, 2.45) is 0 Å². The van der Waals surface area contributed by atoms with E-state index in [-0.39, 0.29) is 6.04 Å². The SMILES string of the molecule is CCCCOc1cc(C(C#N)N2CCN(CCC)CC2)ccc1OC. The topological polar surface area (TPSA) is 48.7 Å². The molecule has 1 aromatic rings. The first-order valence-electron chi connectivity index (χ1n) is 9.40. The van der Waals surface area contributed by atoms with Crippen LogP contribution in [0.5, 0.6) is 11.5 Å². The monoisotopic (exact) mass is 345 g/mol. The van der Waals surface area contributed by atoms with Crippen molar-refractivity contribution in [3.05, 3.63) is 23.8 Å². The van der Waals surface area contributed by atoms with E-state index < -0.39 is 0 Å². The predicted octanol–water partition coefficient (Wildman–Crippen LogP) is 3.47. The van der Waals surface area contributed by atoms with E-state index in [9.17, 15) is 5.26 Å². The molecule has 5 heteroatoms. The van der Waals surface area contributed by atoms with Gasteiger partial charge in [-0.1, -0.05) is 26.3 Å². The smallest absolute Gasteiger partial charge is 0.161 e. The number of rotatable bonds is 9. The summed E-state index contributed by atoms with van der Waals surface area (Å²) in [4.78, 5) is 4.74. The van der Waals surface area contributed by atoms with Gasteiger partial charge in [-0.2, -0.15) is 5.26 Å². The molecule has 1 unspecified atom stereocenters. The predicted molar refractivity (Wildman–Crippen MR) is 100 cm³/mol. The maximum absolute atomic E-state index is 9.76. The number of methoxy groups -OCH3 is 1. The number of hydrogen-bond acceptors (Lipinski definition) is 5. The molecule has 5 nitrogen and oxygen atoms in total. The van der Waals surface area contributed by atoms with E-state index in [1.807, 2.05) is 18.2 Å². The number of unbranched alkanes of at least 4 members (excludes halogenated alkanes) is 1. The van der Waals surface area contributed by atoms with Crippen LogP contribution in [-0.2, 0) is 0 Å². The number of ether oxygens (including phenoxy) is 2. The maximum atomic E-state index is 9.76. The third-order valence-electron chi connectivity index (χ3n) is 4.69. The van der Waals surface area contributed by atoms with Crippen LogP contribution in [0.1, 0.15) is 44.7 Å². The van der Waals surface area contributed by atoms with Gasteiger partial charge < -0.3 is 14.4 Å². The fourth-order valence-corrected chi connectivity index (χ4v) is 3.23. The molecule has 1 heterocycles. The minimum atomic E-state index is -0.233. The molecule has 2 rings (SSSR count). The Morgan fingerprint density at radius 1 is 1.12 bits per heavy atom. The highest BCUT2D eigenvalue weighted by atomic mass is 16.5. The second-order valence-corrected chi connectivity index (χ2v) is 6.52. The van der Waals surface area contributed by atoms with E-state index >= 15 is 0 Å². The van der Waals surface area contributed by atoms with Crippen LogP contribution in [0.15, 0.2) is 18.2 Å². The standard InChI is InChI=1S/C20H31N3O2/c1-4-6-14-25-20-15-17(7-8-19(20)24-3)18(16-21)23-12-10-22(9-5-2)11-13-23/h7-8,15,18H,4-6,9-14H2,1-3H3. The fourth-order valence-electron chi connectivity index (χ4n) is 3.23. The molecule has 0 saturated carbocycles. The minimum absolute atomic E-state index is 0.233. The summed E-state index contributed by atoms with van der Waals surface area (Å²) in [6, 6.07) is 8.11. The summed E-state index contributed by atoms with van der Waals surface area (Å²) in [5.41, 5.74) is 0.985. The number of piperazine rings is 1. The van der Waals surface area contributed by atoms with Crippen molar-refractivity contribution in [2.75, 3.05) is 46.4 Å². The molecule has 1 aromatic carbocycles. The average molecular weight is 345 g/mol. The zero-order chi connectivity index (χ0) is 18.1. The van der Waals surface area contributed by atoms with E-state index in [4.69, 9.17) is 9.47 Å². The largest absolute Gasteiger partial charge is 0.493 e. The first kappa shape index (κ1) is 19.6. The Balaban J connectivity index is 2.09. The molecule has 0 aromatic heterocycles. The van der Waals surface area contributed by atoms with Gasteiger partial charge in [0.2, 0.25) is 0 Å². The Morgan fingerprint density at radius 2 is 1.88 bits per heavy atom. The lowest BCUT2D eigenvalue weighted by Crippen LogP contribution is -2.47. The highest BCUT2D eigenvalue weighted by Gasteiger charge is 2.25. The summed E-state index contributed by atoms with van der Waals surface area (Å²) >= 11 is 0. The third kappa shape index (κ3) is 5.35. The van der Waals surface area contributed by atoms with Crippen LogP contribution in [0.25, 0.3) is 0 Å². The van der Waals surface area contributed by atoms with Crippen LogP contribution in [0.4, 0.5) is 0 Å². The van der Waals surface area contributed by atoms with Gasteiger partial charge in [0.05, 0.1) is 19.8 Å². The molecule has 0 bridgehead atoms. The molecule has 1 atom stereocenters. The van der Waals surface area contributed by atoms with E-state index in [0.717, 1.165) is 62.6 Å². The van der Waals surface area contributed by atoms with E-state index in [2.05, 4.69) is 29.7 Å². The van der Waals surface area contributed by atoms with Crippen LogP contribution in [-0.4, -0.2) is 56.2 Å². The van der Waals surface area contributed by atoms with Crippen LogP contribution < -0.4 is 9.47 Å². The Bertz CT molecular complexity index is 563. The van der Waals surface area contributed by atoms with Crippen LogP contribution in [0.2, 0.25) is 0 Å². The molecule has 0 amide bonds. The van der Waals surface area contributed by atoms with Crippen molar-refractivity contribution in [1.82, 2.24) is 9.80 Å². The normalized spacial score (nSPS) is 17.0. The van der Waals surface area contributed by atoms with Crippen LogP contribution in [0.3, 0.4) is 0 Å². The number of nitrogens with zero attached hydrogens (tertiary/aromatic N) is 3. The van der Waals surface area contributed by atoms with Crippen molar-refractivity contribution >= 4 is 0 Å². The molecule has 1 fully saturated rings. The highest BCUT2D eigenvalue weighted by molar-refractivity contribution is 5.45. The summed E-state index contributed by atoms with van der Waals surface area (Å²) in [7, 11) is 1.65. The lowest BCUT2D eigenvalue weighted by Gasteiger charge is -2.37. The second-order valence-electron chi connectivity index (χ2n) is 6.52. The molecule has 0 spiro atoms. The molecule has 0 N–H and O–H groups in total. The molecule has 0 aliphatic carbocycles. The third-order valence-corrected chi connectivity index (χ3v) is 4.69. The van der Waals surface area contributed by atoms with Crippen LogP contribution >= 0.6 is 0 Å². The Morgan fingerprint density at radius 3 is 2.48 bits per heavy atom. The van der Waals surface area contributed by atoms with Crippen molar-refractivity contribution in [1.29, 1.82) is 5.26 Å². The molecule has 138 valence electrons. The molecule has 0 radical (unpaired) electrons. The lowest BCUT2D eigenvalue weighted by molar-refractivity contribution is 0.114. The molecule has 1 aliphatic rings. The summed E-state index contributed by atoms with van der Waals surface area (Å²) in [5.74, 6) is 1.46. The van der Waals surface area contributed by atoms with Crippen molar-refractivity contribution in [2.45, 2.75) is 39.2 Å². The fraction of sp³-hybridized carbons (Fsp3) is 0.650. The van der Waals surface area contributed by atoms with Gasteiger partial charge >= 0.3 is 0 Å². The quantitative estimate of drug-likeness (QED) is 0.642. The van der Waals surface area contributed by atoms with Gasteiger partial charge in [0.15, 0.2) is 11.5 Å². The molecular formula is C20H31N3O2. The highest BCUT2D eigenvalue weighted by Crippen LogP contribution is 2.32. The van der Waals surface area contributed by atoms with Gasteiger partial charge in [-0.25, -0.2) is 0 Å².